The van der Waals surface area contributed by atoms with Crippen LogP contribution < -0.4 is 5.32 Å². The van der Waals surface area contributed by atoms with Crippen molar-refractivity contribution in [2.24, 2.45) is 0 Å². The van der Waals surface area contributed by atoms with E-state index in [2.05, 4.69) is 50.5 Å². The van der Waals surface area contributed by atoms with Gasteiger partial charge >= 0.3 is 0 Å². The summed E-state index contributed by atoms with van der Waals surface area (Å²) in [7, 11) is 0. The summed E-state index contributed by atoms with van der Waals surface area (Å²) in [4.78, 5) is 2.34. The molecule has 3 rings (SSSR count). The van der Waals surface area contributed by atoms with Crippen molar-refractivity contribution in [3.63, 3.8) is 0 Å². The van der Waals surface area contributed by atoms with Gasteiger partial charge in [-0.05, 0) is 24.7 Å². The molecule has 0 saturated carbocycles. The third kappa shape index (κ3) is 4.78. The van der Waals surface area contributed by atoms with Crippen LogP contribution in [0, 0.1) is 0 Å². The van der Waals surface area contributed by atoms with Gasteiger partial charge in [-0.15, -0.1) is 20.4 Å². The number of aromatic nitrogens is 4. The Labute approximate surface area is 164 Å². The zero-order chi connectivity index (χ0) is 19.1. The van der Waals surface area contributed by atoms with Crippen LogP contribution in [0.3, 0.4) is 0 Å². The number of likely N-dealkylation sites (N-methyl/N-ethyl adjacent to an activating group) is 1. The van der Waals surface area contributed by atoms with Crippen molar-refractivity contribution in [3.8, 4) is 11.4 Å². The molecule has 27 heavy (non-hydrogen) atoms. The maximum atomic E-state index is 6.44. The van der Waals surface area contributed by atoms with Crippen LogP contribution in [-0.2, 0) is 0 Å². The SMILES string of the molecule is CCN(CC)[C@@H](CNc1nnc(-c2ccccc2)nn1)c1ccccc1Cl. The molecule has 0 radical (unpaired) electrons. The van der Waals surface area contributed by atoms with E-state index in [1.807, 2.05) is 48.5 Å². The highest BCUT2D eigenvalue weighted by molar-refractivity contribution is 6.31. The largest absolute Gasteiger partial charge is 0.350 e. The summed E-state index contributed by atoms with van der Waals surface area (Å²) in [5, 5.41) is 20.7. The van der Waals surface area contributed by atoms with Crippen molar-refractivity contribution in [2.45, 2.75) is 19.9 Å². The highest BCUT2D eigenvalue weighted by Gasteiger charge is 2.20. The van der Waals surface area contributed by atoms with E-state index in [1.54, 1.807) is 0 Å². The summed E-state index contributed by atoms with van der Waals surface area (Å²) >= 11 is 6.44. The molecule has 7 heteroatoms. The van der Waals surface area contributed by atoms with Crippen LogP contribution in [0.1, 0.15) is 25.5 Å². The Morgan fingerprint density at radius 3 is 2.15 bits per heavy atom. The van der Waals surface area contributed by atoms with Crippen molar-refractivity contribution in [1.29, 1.82) is 0 Å². The van der Waals surface area contributed by atoms with Gasteiger partial charge in [-0.2, -0.15) is 0 Å². The van der Waals surface area contributed by atoms with Crippen molar-refractivity contribution >= 4 is 17.5 Å². The average Bonchev–Trinajstić information content (AvgIpc) is 2.73. The fraction of sp³-hybridized carbons (Fsp3) is 0.300. The lowest BCUT2D eigenvalue weighted by molar-refractivity contribution is 0.228. The predicted octanol–water partition coefficient (Wildman–Crippen LogP) is 4.08. The second kappa shape index (κ2) is 9.39. The summed E-state index contributed by atoms with van der Waals surface area (Å²) < 4.78 is 0. The molecule has 140 valence electrons. The first-order valence-electron chi connectivity index (χ1n) is 9.08. The lowest BCUT2D eigenvalue weighted by Crippen LogP contribution is -2.33. The summed E-state index contributed by atoms with van der Waals surface area (Å²) in [6.45, 7) is 6.72. The molecule has 3 aromatic rings. The minimum Gasteiger partial charge on any atom is -0.350 e. The quantitative estimate of drug-likeness (QED) is 0.633. The van der Waals surface area contributed by atoms with Crippen molar-refractivity contribution in [1.82, 2.24) is 25.3 Å². The molecule has 2 aromatic carbocycles. The zero-order valence-electron chi connectivity index (χ0n) is 15.5. The molecule has 1 N–H and O–H groups in total. The number of hydrogen-bond donors (Lipinski definition) is 1. The Balaban J connectivity index is 1.74. The monoisotopic (exact) mass is 382 g/mol. The van der Waals surface area contributed by atoms with E-state index in [4.69, 9.17) is 11.6 Å². The molecule has 0 amide bonds. The van der Waals surface area contributed by atoms with E-state index in [0.717, 1.165) is 29.2 Å². The molecular formula is C20H23ClN6. The first-order chi connectivity index (χ1) is 13.2. The molecule has 1 atom stereocenters. The molecule has 1 aromatic heterocycles. The highest BCUT2D eigenvalue weighted by Crippen LogP contribution is 2.27. The van der Waals surface area contributed by atoms with E-state index in [1.165, 1.54) is 0 Å². The number of nitrogens with one attached hydrogen (secondary N) is 1. The molecule has 0 fully saturated rings. The summed E-state index contributed by atoms with van der Waals surface area (Å²) in [5.74, 6) is 0.909. The fourth-order valence-electron chi connectivity index (χ4n) is 3.04. The normalized spacial score (nSPS) is 12.1. The van der Waals surface area contributed by atoms with Crippen LogP contribution in [0.4, 0.5) is 5.95 Å². The number of nitrogens with zero attached hydrogens (tertiary/aromatic N) is 5. The molecule has 0 saturated heterocycles. The minimum absolute atomic E-state index is 0.103. The summed E-state index contributed by atoms with van der Waals surface area (Å²) in [6.07, 6.45) is 0. The van der Waals surface area contributed by atoms with Crippen LogP contribution in [0.5, 0.6) is 0 Å². The van der Waals surface area contributed by atoms with E-state index in [-0.39, 0.29) is 6.04 Å². The number of rotatable bonds is 8. The third-order valence-corrected chi connectivity index (χ3v) is 4.83. The molecular weight excluding hydrogens is 360 g/mol. The summed E-state index contributed by atoms with van der Waals surface area (Å²) in [5.41, 5.74) is 1.97. The Kier molecular flexibility index (Phi) is 6.68. The van der Waals surface area contributed by atoms with Gasteiger partial charge in [0.25, 0.3) is 5.95 Å². The predicted molar refractivity (Wildman–Crippen MR) is 109 cm³/mol. The third-order valence-electron chi connectivity index (χ3n) is 4.48. The van der Waals surface area contributed by atoms with Crippen molar-refractivity contribution < 1.29 is 0 Å². The standard InChI is InChI=1S/C20H23ClN6/c1-3-27(4-2)18(16-12-8-9-13-17(16)21)14-22-20-25-23-19(24-26-20)15-10-6-5-7-11-15/h5-13,18H,3-4,14H2,1-2H3,(H,22,25,26)/t18-/m0/s1. The lowest BCUT2D eigenvalue weighted by atomic mass is 10.0. The van der Waals surface area contributed by atoms with Gasteiger partial charge < -0.3 is 5.32 Å². The van der Waals surface area contributed by atoms with E-state index in [9.17, 15) is 0 Å². The molecule has 0 unspecified atom stereocenters. The molecule has 0 aliphatic carbocycles. The van der Waals surface area contributed by atoms with Gasteiger partial charge in [-0.1, -0.05) is 74.0 Å². The molecule has 0 bridgehead atoms. The maximum absolute atomic E-state index is 6.44. The number of hydrogen-bond acceptors (Lipinski definition) is 6. The molecule has 6 nitrogen and oxygen atoms in total. The minimum atomic E-state index is 0.103. The molecule has 0 spiro atoms. The first kappa shape index (κ1) is 19.2. The maximum Gasteiger partial charge on any atom is 0.262 e. The first-order valence-corrected chi connectivity index (χ1v) is 9.45. The number of anilines is 1. The van der Waals surface area contributed by atoms with Crippen LogP contribution in [-0.4, -0.2) is 44.9 Å². The fourth-order valence-corrected chi connectivity index (χ4v) is 3.30. The van der Waals surface area contributed by atoms with E-state index >= 15 is 0 Å². The van der Waals surface area contributed by atoms with Crippen molar-refractivity contribution in [3.05, 3.63) is 65.2 Å². The van der Waals surface area contributed by atoms with Crippen molar-refractivity contribution in [2.75, 3.05) is 25.0 Å². The average molecular weight is 383 g/mol. The topological polar surface area (TPSA) is 66.8 Å². The second-order valence-electron chi connectivity index (χ2n) is 6.05. The Hall–Kier alpha value is -2.57. The van der Waals surface area contributed by atoms with Gasteiger partial charge in [-0.25, -0.2) is 0 Å². The van der Waals surface area contributed by atoms with E-state index in [0.29, 0.717) is 18.3 Å². The van der Waals surface area contributed by atoms with Crippen LogP contribution >= 0.6 is 11.6 Å². The van der Waals surface area contributed by atoms with Crippen LogP contribution in [0.25, 0.3) is 11.4 Å². The van der Waals surface area contributed by atoms with Gasteiger partial charge in [0.15, 0.2) is 0 Å². The van der Waals surface area contributed by atoms with Crippen LogP contribution in [0.15, 0.2) is 54.6 Å². The van der Waals surface area contributed by atoms with Gasteiger partial charge in [-0.3, -0.25) is 4.90 Å². The highest BCUT2D eigenvalue weighted by atomic mass is 35.5. The molecule has 0 aliphatic rings. The Bertz CT molecular complexity index is 837. The van der Waals surface area contributed by atoms with Gasteiger partial charge in [0.2, 0.25) is 5.82 Å². The number of benzene rings is 2. The smallest absolute Gasteiger partial charge is 0.262 e. The molecule has 1 heterocycles. The summed E-state index contributed by atoms with van der Waals surface area (Å²) in [6, 6.07) is 17.7. The van der Waals surface area contributed by atoms with Gasteiger partial charge in [0.1, 0.15) is 0 Å². The Morgan fingerprint density at radius 2 is 1.52 bits per heavy atom. The lowest BCUT2D eigenvalue weighted by Gasteiger charge is -2.30. The Morgan fingerprint density at radius 1 is 0.889 bits per heavy atom. The van der Waals surface area contributed by atoms with Crippen LogP contribution in [0.2, 0.25) is 5.02 Å². The number of halogens is 1. The van der Waals surface area contributed by atoms with E-state index < -0.39 is 0 Å². The van der Waals surface area contributed by atoms with Gasteiger partial charge in [0, 0.05) is 17.1 Å². The second-order valence-corrected chi connectivity index (χ2v) is 6.46. The van der Waals surface area contributed by atoms with Gasteiger partial charge in [0.05, 0.1) is 6.04 Å². The molecule has 0 aliphatic heterocycles. The zero-order valence-corrected chi connectivity index (χ0v) is 16.3.